The first-order valence-corrected chi connectivity index (χ1v) is 10.6. The van der Waals surface area contributed by atoms with Crippen molar-refractivity contribution in [3.63, 3.8) is 0 Å². The number of piperazine rings is 1. The van der Waals surface area contributed by atoms with Gasteiger partial charge in [-0.1, -0.05) is 18.2 Å². The van der Waals surface area contributed by atoms with Gasteiger partial charge in [0.1, 0.15) is 5.92 Å². The summed E-state index contributed by atoms with van der Waals surface area (Å²) in [6.07, 6.45) is 4.39. The summed E-state index contributed by atoms with van der Waals surface area (Å²) in [6.45, 7) is 1.80. The Hall–Kier alpha value is -4.02. The molecule has 1 atom stereocenters. The summed E-state index contributed by atoms with van der Waals surface area (Å²) in [6, 6.07) is 6.24. The molecule has 2 aliphatic heterocycles. The van der Waals surface area contributed by atoms with Gasteiger partial charge in [-0.2, -0.15) is 23.3 Å². The molecule has 0 radical (unpaired) electrons. The summed E-state index contributed by atoms with van der Waals surface area (Å²) in [5.41, 5.74) is 0.663. The van der Waals surface area contributed by atoms with Crippen molar-refractivity contribution >= 4 is 23.5 Å². The number of amides is 2. The van der Waals surface area contributed by atoms with Crippen LogP contribution in [0.25, 0.3) is 5.69 Å². The number of fused-ring (bicyclic) bond motifs is 1. The average Bonchev–Trinajstić information content (AvgIpc) is 3.35. The molecular weight excluding hydrogens is 449 g/mol. The fourth-order valence-electron chi connectivity index (χ4n) is 3.96. The highest BCUT2D eigenvalue weighted by Crippen LogP contribution is 2.29. The minimum atomic E-state index is -4.47. The van der Waals surface area contributed by atoms with Crippen molar-refractivity contribution in [2.75, 3.05) is 26.2 Å². The Kier molecular flexibility index (Phi) is 5.39. The molecule has 1 fully saturated rings. The number of halogens is 3. The smallest absolute Gasteiger partial charge is 0.337 e. The SMILES string of the molecule is O=C1N=C(N2CCN(C(=O)c3ccc(-n4cc(C(F)(F)F)cn4)cc3)CC2)N=C2C=CC=CC12. The van der Waals surface area contributed by atoms with Crippen LogP contribution in [0.1, 0.15) is 15.9 Å². The Morgan fingerprint density at radius 2 is 1.74 bits per heavy atom. The molecule has 2 amide bonds. The van der Waals surface area contributed by atoms with Crippen molar-refractivity contribution in [2.24, 2.45) is 15.9 Å². The molecule has 3 aliphatic rings. The Morgan fingerprint density at radius 3 is 2.41 bits per heavy atom. The van der Waals surface area contributed by atoms with E-state index in [-0.39, 0.29) is 11.8 Å². The molecule has 1 aromatic carbocycles. The fraction of sp³-hybridized carbons (Fsp3) is 0.261. The van der Waals surface area contributed by atoms with E-state index in [1.54, 1.807) is 47.4 Å². The maximum Gasteiger partial charge on any atom is 0.419 e. The van der Waals surface area contributed by atoms with Gasteiger partial charge in [-0.15, -0.1) is 0 Å². The first-order valence-electron chi connectivity index (χ1n) is 10.6. The zero-order chi connectivity index (χ0) is 23.9. The summed E-state index contributed by atoms with van der Waals surface area (Å²) >= 11 is 0. The van der Waals surface area contributed by atoms with Gasteiger partial charge in [-0.05, 0) is 30.3 Å². The van der Waals surface area contributed by atoms with Crippen LogP contribution in [0.4, 0.5) is 13.2 Å². The summed E-state index contributed by atoms with van der Waals surface area (Å²) < 4.78 is 39.5. The van der Waals surface area contributed by atoms with Crippen molar-refractivity contribution in [1.29, 1.82) is 0 Å². The fourth-order valence-corrected chi connectivity index (χ4v) is 3.96. The van der Waals surface area contributed by atoms with Crippen LogP contribution < -0.4 is 0 Å². The standard InChI is InChI=1S/C23H19F3N6O2/c24-23(25,26)16-13-27-32(14-16)17-7-5-15(6-8-17)21(34)30-9-11-31(12-10-30)22-28-19-4-2-1-3-18(19)20(33)29-22/h1-8,13-14,18H,9-12H2. The number of aliphatic imine (C=N–C) groups is 2. The van der Waals surface area contributed by atoms with Gasteiger partial charge in [0.25, 0.3) is 11.8 Å². The molecule has 11 heteroatoms. The van der Waals surface area contributed by atoms with Crippen LogP contribution in [0, 0.1) is 5.92 Å². The van der Waals surface area contributed by atoms with Crippen LogP contribution in [0.3, 0.4) is 0 Å². The highest BCUT2D eigenvalue weighted by atomic mass is 19.4. The molecule has 34 heavy (non-hydrogen) atoms. The zero-order valence-corrected chi connectivity index (χ0v) is 17.8. The van der Waals surface area contributed by atoms with E-state index in [2.05, 4.69) is 15.1 Å². The number of aromatic nitrogens is 2. The van der Waals surface area contributed by atoms with E-state index in [9.17, 15) is 22.8 Å². The van der Waals surface area contributed by atoms with E-state index >= 15 is 0 Å². The normalized spacial score (nSPS) is 20.2. The Labute approximate surface area is 192 Å². The van der Waals surface area contributed by atoms with Crippen LogP contribution >= 0.6 is 0 Å². The molecule has 1 aromatic heterocycles. The summed E-state index contributed by atoms with van der Waals surface area (Å²) in [7, 11) is 0. The predicted octanol–water partition coefficient (Wildman–Crippen LogP) is 2.73. The van der Waals surface area contributed by atoms with Crippen molar-refractivity contribution in [2.45, 2.75) is 6.18 Å². The third-order valence-corrected chi connectivity index (χ3v) is 5.84. The largest absolute Gasteiger partial charge is 0.419 e. The third-order valence-electron chi connectivity index (χ3n) is 5.84. The molecule has 3 heterocycles. The lowest BCUT2D eigenvalue weighted by Gasteiger charge is -2.36. The average molecular weight is 468 g/mol. The number of hydrogen-bond donors (Lipinski definition) is 0. The van der Waals surface area contributed by atoms with Crippen LogP contribution in [0.5, 0.6) is 0 Å². The van der Waals surface area contributed by atoms with Crippen LogP contribution in [0.2, 0.25) is 0 Å². The van der Waals surface area contributed by atoms with Crippen molar-refractivity contribution < 1.29 is 22.8 Å². The molecular formula is C23H19F3N6O2. The van der Waals surface area contributed by atoms with Crippen molar-refractivity contribution in [3.05, 3.63) is 72.1 Å². The number of benzene rings is 1. The molecule has 1 aliphatic carbocycles. The third kappa shape index (κ3) is 4.16. The van der Waals surface area contributed by atoms with Gasteiger partial charge in [-0.25, -0.2) is 9.67 Å². The number of carbonyl (C=O) groups is 2. The minimum absolute atomic E-state index is 0.184. The van der Waals surface area contributed by atoms with Gasteiger partial charge in [0.05, 0.1) is 23.2 Å². The molecule has 0 bridgehead atoms. The first kappa shape index (κ1) is 21.8. The van der Waals surface area contributed by atoms with Crippen LogP contribution in [-0.2, 0) is 11.0 Å². The van der Waals surface area contributed by atoms with Gasteiger partial charge < -0.3 is 9.80 Å². The number of allylic oxidation sites excluding steroid dienone is 3. The number of carbonyl (C=O) groups excluding carboxylic acids is 2. The summed E-state index contributed by atoms with van der Waals surface area (Å²) in [5.74, 6) is -0.499. The van der Waals surface area contributed by atoms with E-state index in [4.69, 9.17) is 0 Å². The quantitative estimate of drug-likeness (QED) is 0.679. The van der Waals surface area contributed by atoms with E-state index in [1.165, 1.54) is 0 Å². The molecule has 0 spiro atoms. The first-order chi connectivity index (χ1) is 16.3. The van der Waals surface area contributed by atoms with E-state index in [0.29, 0.717) is 49.1 Å². The molecule has 8 nitrogen and oxygen atoms in total. The summed E-state index contributed by atoms with van der Waals surface area (Å²) in [5, 5.41) is 3.74. The Morgan fingerprint density at radius 1 is 1.00 bits per heavy atom. The molecule has 2 aromatic rings. The second-order valence-electron chi connectivity index (χ2n) is 8.01. The summed E-state index contributed by atoms with van der Waals surface area (Å²) in [4.78, 5) is 37.4. The molecule has 5 rings (SSSR count). The monoisotopic (exact) mass is 468 g/mol. The zero-order valence-electron chi connectivity index (χ0n) is 17.8. The van der Waals surface area contributed by atoms with Crippen molar-refractivity contribution in [1.82, 2.24) is 19.6 Å². The highest BCUT2D eigenvalue weighted by molar-refractivity contribution is 6.21. The molecule has 0 N–H and O–H groups in total. The Balaban J connectivity index is 1.22. The van der Waals surface area contributed by atoms with E-state index in [0.717, 1.165) is 17.1 Å². The van der Waals surface area contributed by atoms with E-state index in [1.807, 2.05) is 11.0 Å². The molecule has 174 valence electrons. The lowest BCUT2D eigenvalue weighted by molar-refractivity contribution is -0.137. The lowest BCUT2D eigenvalue weighted by Crippen LogP contribution is -2.51. The topological polar surface area (TPSA) is 83.2 Å². The van der Waals surface area contributed by atoms with Gasteiger partial charge in [-0.3, -0.25) is 9.59 Å². The second-order valence-corrected chi connectivity index (χ2v) is 8.01. The van der Waals surface area contributed by atoms with Gasteiger partial charge >= 0.3 is 6.18 Å². The minimum Gasteiger partial charge on any atom is -0.337 e. The maximum atomic E-state index is 12.9. The van der Waals surface area contributed by atoms with Gasteiger partial charge in [0, 0.05) is 37.9 Å². The van der Waals surface area contributed by atoms with Gasteiger partial charge in [0.15, 0.2) is 0 Å². The number of rotatable bonds is 2. The van der Waals surface area contributed by atoms with Crippen LogP contribution in [-0.4, -0.2) is 69.2 Å². The highest BCUT2D eigenvalue weighted by Gasteiger charge is 2.33. The lowest BCUT2D eigenvalue weighted by atomic mass is 9.97. The van der Waals surface area contributed by atoms with E-state index < -0.39 is 17.7 Å². The number of alkyl halides is 3. The number of nitrogens with zero attached hydrogens (tertiary/aromatic N) is 6. The Bertz CT molecular complexity index is 1250. The predicted molar refractivity (Wildman–Crippen MR) is 118 cm³/mol. The molecule has 1 saturated heterocycles. The maximum absolute atomic E-state index is 12.9. The number of guanidine groups is 1. The molecule has 0 saturated carbocycles. The van der Waals surface area contributed by atoms with Gasteiger partial charge in [0.2, 0.25) is 5.96 Å². The molecule has 1 unspecified atom stereocenters. The second kappa shape index (κ2) is 8.40. The van der Waals surface area contributed by atoms with Crippen LogP contribution in [0.15, 0.2) is 70.9 Å². The van der Waals surface area contributed by atoms with Crippen molar-refractivity contribution in [3.8, 4) is 5.69 Å². The number of hydrogen-bond acceptors (Lipinski definition) is 5.